The van der Waals surface area contributed by atoms with Crippen molar-refractivity contribution in [2.45, 2.75) is 26.2 Å². The lowest BCUT2D eigenvalue weighted by Gasteiger charge is -2.10. The maximum absolute atomic E-state index is 12.3. The number of pyridine rings is 1. The van der Waals surface area contributed by atoms with E-state index in [2.05, 4.69) is 29.2 Å². The van der Waals surface area contributed by atoms with E-state index in [0.29, 0.717) is 36.6 Å². The van der Waals surface area contributed by atoms with Gasteiger partial charge in [-0.05, 0) is 36.1 Å². The number of nitrogens with zero attached hydrogens (tertiary/aromatic N) is 3. The lowest BCUT2D eigenvalue weighted by atomic mass is 10.1. The van der Waals surface area contributed by atoms with Crippen molar-refractivity contribution in [2.24, 2.45) is 5.92 Å². The fourth-order valence-corrected chi connectivity index (χ4v) is 3.87. The Kier molecular flexibility index (Phi) is 5.54. The first kappa shape index (κ1) is 18.8. The zero-order valence-corrected chi connectivity index (χ0v) is 16.8. The minimum atomic E-state index is -0.153. The molecule has 0 aromatic carbocycles. The molecule has 7 heteroatoms. The predicted molar refractivity (Wildman–Crippen MR) is 111 cm³/mol. The summed E-state index contributed by atoms with van der Waals surface area (Å²) >= 11 is 1.63. The normalized spacial score (nSPS) is 17.2. The Morgan fingerprint density at radius 2 is 2.25 bits per heavy atom. The van der Waals surface area contributed by atoms with Gasteiger partial charge in [0.05, 0.1) is 25.0 Å². The van der Waals surface area contributed by atoms with E-state index < -0.39 is 0 Å². The molecule has 1 atom stereocenters. The van der Waals surface area contributed by atoms with Crippen molar-refractivity contribution in [3.05, 3.63) is 56.4 Å². The first-order valence-electron chi connectivity index (χ1n) is 9.46. The smallest absolute Gasteiger partial charge is 0.261 e. The number of ether oxygens (including phenoxy) is 2. The Morgan fingerprint density at radius 3 is 3.00 bits per heavy atom. The summed E-state index contributed by atoms with van der Waals surface area (Å²) in [7, 11) is 0. The Bertz CT molecular complexity index is 1050. The summed E-state index contributed by atoms with van der Waals surface area (Å²) in [5.41, 5.74) is 2.47. The molecule has 0 aliphatic carbocycles. The van der Waals surface area contributed by atoms with Gasteiger partial charge in [0.15, 0.2) is 0 Å². The summed E-state index contributed by atoms with van der Waals surface area (Å²) in [6.07, 6.45) is 6.69. The molecule has 0 radical (unpaired) electrons. The molecule has 1 aliphatic rings. The molecule has 146 valence electrons. The summed E-state index contributed by atoms with van der Waals surface area (Å²) < 4.78 is 12.6. The van der Waals surface area contributed by atoms with Crippen molar-refractivity contribution in [3.8, 4) is 5.88 Å². The van der Waals surface area contributed by atoms with Crippen LogP contribution < -0.4 is 10.3 Å². The lowest BCUT2D eigenvalue weighted by molar-refractivity contribution is 0.165. The van der Waals surface area contributed by atoms with E-state index in [4.69, 9.17) is 9.47 Å². The van der Waals surface area contributed by atoms with E-state index >= 15 is 0 Å². The molecule has 3 aromatic rings. The number of hydrogen-bond acceptors (Lipinski definition) is 6. The first-order chi connectivity index (χ1) is 13.6. The fraction of sp³-hybridized carbons (Fsp3) is 0.381. The monoisotopic (exact) mass is 397 g/mol. The second kappa shape index (κ2) is 8.24. The minimum absolute atomic E-state index is 0.153. The zero-order chi connectivity index (χ0) is 19.5. The van der Waals surface area contributed by atoms with Crippen LogP contribution in [0.1, 0.15) is 42.5 Å². The molecule has 1 fully saturated rings. The average molecular weight is 398 g/mol. The van der Waals surface area contributed by atoms with Gasteiger partial charge in [0.1, 0.15) is 10.7 Å². The molecule has 0 bridgehead atoms. The van der Waals surface area contributed by atoms with Gasteiger partial charge in [0.2, 0.25) is 5.88 Å². The molecule has 1 saturated heterocycles. The average Bonchev–Trinajstić information content (AvgIpc) is 3.36. The van der Waals surface area contributed by atoms with E-state index in [1.807, 2.05) is 24.3 Å². The van der Waals surface area contributed by atoms with Crippen LogP contribution in [0.5, 0.6) is 5.88 Å². The molecule has 6 nitrogen and oxygen atoms in total. The molecule has 4 rings (SSSR count). The maximum Gasteiger partial charge on any atom is 0.261 e. The third kappa shape index (κ3) is 4.31. The van der Waals surface area contributed by atoms with Gasteiger partial charge in [0, 0.05) is 24.1 Å². The van der Waals surface area contributed by atoms with E-state index in [9.17, 15) is 4.79 Å². The molecule has 0 amide bonds. The van der Waals surface area contributed by atoms with Crippen molar-refractivity contribution in [1.82, 2.24) is 14.4 Å². The summed E-state index contributed by atoms with van der Waals surface area (Å²) in [6, 6.07) is 5.20. The van der Waals surface area contributed by atoms with Gasteiger partial charge < -0.3 is 9.47 Å². The summed E-state index contributed by atoms with van der Waals surface area (Å²) in [6.45, 7) is 6.26. The van der Waals surface area contributed by atoms with Crippen LogP contribution in [-0.2, 0) is 4.74 Å². The molecule has 4 heterocycles. The SMILES string of the molecule is CC(C)c1csc(C=Cc2ccn3c(=O)cc(OCC4CCOC4)nc3c2)n1. The van der Waals surface area contributed by atoms with Crippen LogP contribution in [0.2, 0.25) is 0 Å². The van der Waals surface area contributed by atoms with Gasteiger partial charge in [0.25, 0.3) is 5.56 Å². The number of hydrogen-bond donors (Lipinski definition) is 0. The number of fused-ring (bicyclic) bond motifs is 1. The van der Waals surface area contributed by atoms with Gasteiger partial charge in [-0.25, -0.2) is 4.98 Å². The third-order valence-corrected chi connectivity index (χ3v) is 5.54. The lowest BCUT2D eigenvalue weighted by Crippen LogP contribution is -2.17. The Hall–Kier alpha value is -2.51. The van der Waals surface area contributed by atoms with Gasteiger partial charge in [-0.1, -0.05) is 19.9 Å². The fourth-order valence-electron chi connectivity index (χ4n) is 3.00. The number of aromatic nitrogens is 3. The van der Waals surface area contributed by atoms with Crippen LogP contribution in [0.25, 0.3) is 17.8 Å². The number of thiazole rings is 1. The molecule has 0 N–H and O–H groups in total. The van der Waals surface area contributed by atoms with Crippen molar-refractivity contribution < 1.29 is 9.47 Å². The van der Waals surface area contributed by atoms with Crippen molar-refractivity contribution in [3.63, 3.8) is 0 Å². The molecule has 0 spiro atoms. The second-order valence-electron chi connectivity index (χ2n) is 7.26. The molecule has 3 aromatic heterocycles. The van der Waals surface area contributed by atoms with Gasteiger partial charge in [-0.3, -0.25) is 9.20 Å². The van der Waals surface area contributed by atoms with Crippen LogP contribution in [0.4, 0.5) is 0 Å². The maximum atomic E-state index is 12.3. The predicted octanol–water partition coefficient (Wildman–Crippen LogP) is 3.86. The van der Waals surface area contributed by atoms with Crippen LogP contribution >= 0.6 is 11.3 Å². The highest BCUT2D eigenvalue weighted by Crippen LogP contribution is 2.20. The summed E-state index contributed by atoms with van der Waals surface area (Å²) in [4.78, 5) is 21.4. The van der Waals surface area contributed by atoms with Gasteiger partial charge in [-0.15, -0.1) is 11.3 Å². The molecule has 28 heavy (non-hydrogen) atoms. The Labute approximate surface area is 167 Å². The largest absolute Gasteiger partial charge is 0.477 e. The number of rotatable bonds is 6. The Morgan fingerprint density at radius 1 is 1.36 bits per heavy atom. The van der Waals surface area contributed by atoms with Gasteiger partial charge >= 0.3 is 0 Å². The van der Waals surface area contributed by atoms with Crippen molar-refractivity contribution in [2.75, 3.05) is 19.8 Å². The summed E-state index contributed by atoms with van der Waals surface area (Å²) in [5.74, 6) is 1.15. The molecule has 1 unspecified atom stereocenters. The first-order valence-corrected chi connectivity index (χ1v) is 10.3. The van der Waals surface area contributed by atoms with E-state index in [1.165, 1.54) is 10.5 Å². The van der Waals surface area contributed by atoms with Crippen molar-refractivity contribution in [1.29, 1.82) is 0 Å². The van der Waals surface area contributed by atoms with E-state index in [1.54, 1.807) is 17.5 Å². The molecule has 0 saturated carbocycles. The van der Waals surface area contributed by atoms with E-state index in [0.717, 1.165) is 29.3 Å². The molecular weight excluding hydrogens is 374 g/mol. The topological polar surface area (TPSA) is 65.7 Å². The molecule has 1 aliphatic heterocycles. The summed E-state index contributed by atoms with van der Waals surface area (Å²) in [5, 5.41) is 3.05. The highest BCUT2D eigenvalue weighted by molar-refractivity contribution is 7.10. The second-order valence-corrected chi connectivity index (χ2v) is 8.15. The minimum Gasteiger partial charge on any atom is -0.477 e. The Balaban J connectivity index is 1.54. The van der Waals surface area contributed by atoms with E-state index in [-0.39, 0.29) is 5.56 Å². The van der Waals surface area contributed by atoms with Crippen LogP contribution in [0, 0.1) is 5.92 Å². The van der Waals surface area contributed by atoms with Gasteiger partial charge in [-0.2, -0.15) is 4.98 Å². The highest BCUT2D eigenvalue weighted by atomic mass is 32.1. The molecular formula is C21H23N3O3S. The van der Waals surface area contributed by atoms with Crippen molar-refractivity contribution >= 4 is 29.1 Å². The van der Waals surface area contributed by atoms with Crippen LogP contribution in [0.3, 0.4) is 0 Å². The standard InChI is InChI=1S/C21H23N3O3S/c1-14(2)17-13-28-20(22-17)4-3-15-5-7-24-18(9-15)23-19(10-21(24)25)27-12-16-6-8-26-11-16/h3-5,7,9-10,13-14,16H,6,8,11-12H2,1-2H3. The third-order valence-electron chi connectivity index (χ3n) is 4.71. The quantitative estimate of drug-likeness (QED) is 0.632. The zero-order valence-electron chi connectivity index (χ0n) is 16.0. The highest BCUT2D eigenvalue weighted by Gasteiger charge is 2.16. The van der Waals surface area contributed by atoms with Crippen LogP contribution in [0.15, 0.2) is 34.6 Å². The van der Waals surface area contributed by atoms with Crippen LogP contribution in [-0.4, -0.2) is 34.2 Å².